The minimum atomic E-state index is -3.26. The number of hydrogen-bond acceptors (Lipinski definition) is 6. The number of nitrogens with one attached hydrogen (secondary N) is 1. The fourth-order valence-corrected chi connectivity index (χ4v) is 4.79. The van der Waals surface area contributed by atoms with Crippen LogP contribution in [0.3, 0.4) is 0 Å². The summed E-state index contributed by atoms with van der Waals surface area (Å²) in [6, 6.07) is 6.24. The monoisotopic (exact) mass is 426 g/mol. The summed E-state index contributed by atoms with van der Waals surface area (Å²) in [5, 5.41) is 3.74. The number of hydrogen-bond donors (Lipinski definition) is 1. The molecule has 0 radical (unpaired) electrons. The van der Waals surface area contributed by atoms with Crippen LogP contribution in [0.1, 0.15) is 12.0 Å². The average Bonchev–Trinajstić information content (AvgIpc) is 3.07. The standard InChI is InChI=1S/C17H15ClN2O5S2/c18-12-3-1-11(2-4-12)9-14-16(22)20(17(23)26-14)7-5-15(21)19-13-6-8-27(24,25)10-13/h1-4,6,8-9,13H,5,7,10H2,(H,19,21)/b14-9+. The molecule has 2 aliphatic rings. The van der Waals surface area contributed by atoms with E-state index in [1.807, 2.05) is 0 Å². The SMILES string of the molecule is O=C(CCN1C(=O)S/C(=C/c2ccc(Cl)cc2)C1=O)NC1C=CS(=O)(=O)C1. The van der Waals surface area contributed by atoms with E-state index in [4.69, 9.17) is 11.6 Å². The van der Waals surface area contributed by atoms with E-state index in [2.05, 4.69) is 5.32 Å². The van der Waals surface area contributed by atoms with E-state index >= 15 is 0 Å². The van der Waals surface area contributed by atoms with Crippen LogP contribution in [-0.2, 0) is 19.4 Å². The van der Waals surface area contributed by atoms with Crippen LogP contribution in [-0.4, -0.2) is 48.7 Å². The highest BCUT2D eigenvalue weighted by Crippen LogP contribution is 2.32. The van der Waals surface area contributed by atoms with Gasteiger partial charge in [0.2, 0.25) is 5.91 Å². The zero-order chi connectivity index (χ0) is 19.6. The minimum absolute atomic E-state index is 0.0718. The van der Waals surface area contributed by atoms with Gasteiger partial charge in [-0.25, -0.2) is 8.42 Å². The second kappa shape index (κ2) is 7.87. The third-order valence-corrected chi connectivity index (χ3v) is 6.44. The van der Waals surface area contributed by atoms with Crippen LogP contribution in [0.4, 0.5) is 4.79 Å². The van der Waals surface area contributed by atoms with Crippen molar-refractivity contribution in [2.24, 2.45) is 0 Å². The van der Waals surface area contributed by atoms with Gasteiger partial charge in [-0.1, -0.05) is 23.7 Å². The van der Waals surface area contributed by atoms with Gasteiger partial charge < -0.3 is 5.32 Å². The van der Waals surface area contributed by atoms with E-state index < -0.39 is 32.9 Å². The maximum absolute atomic E-state index is 12.4. The quantitative estimate of drug-likeness (QED) is 0.724. The van der Waals surface area contributed by atoms with Crippen molar-refractivity contribution in [1.29, 1.82) is 0 Å². The van der Waals surface area contributed by atoms with Gasteiger partial charge in [-0.2, -0.15) is 0 Å². The first-order chi connectivity index (χ1) is 12.7. The zero-order valence-electron chi connectivity index (χ0n) is 13.9. The molecule has 1 aromatic carbocycles. The summed E-state index contributed by atoms with van der Waals surface area (Å²) in [5.41, 5.74) is 0.733. The topological polar surface area (TPSA) is 101 Å². The van der Waals surface area contributed by atoms with E-state index in [9.17, 15) is 22.8 Å². The third-order valence-electron chi connectivity index (χ3n) is 3.88. The Labute approximate surface area is 165 Å². The molecule has 1 unspecified atom stereocenters. The number of thioether (sulfide) groups is 1. The Hall–Kier alpha value is -2.10. The average molecular weight is 427 g/mol. The van der Waals surface area contributed by atoms with Crippen LogP contribution in [0.2, 0.25) is 5.02 Å². The molecule has 2 aliphatic heterocycles. The van der Waals surface area contributed by atoms with Crippen molar-refractivity contribution in [3.05, 3.63) is 51.2 Å². The van der Waals surface area contributed by atoms with Crippen molar-refractivity contribution >= 4 is 56.3 Å². The maximum Gasteiger partial charge on any atom is 0.293 e. The first kappa shape index (κ1) is 19.7. The van der Waals surface area contributed by atoms with Crippen molar-refractivity contribution in [3.8, 4) is 0 Å². The summed E-state index contributed by atoms with van der Waals surface area (Å²) in [5.74, 6) is -1.07. The van der Waals surface area contributed by atoms with Crippen molar-refractivity contribution in [2.45, 2.75) is 12.5 Å². The van der Waals surface area contributed by atoms with Gasteiger partial charge in [0.05, 0.1) is 16.7 Å². The lowest BCUT2D eigenvalue weighted by Gasteiger charge is -2.14. The number of carbonyl (C=O) groups excluding carboxylic acids is 3. The molecule has 3 amide bonds. The lowest BCUT2D eigenvalue weighted by molar-refractivity contribution is -0.124. The molecular formula is C17H15ClN2O5S2. The molecule has 27 heavy (non-hydrogen) atoms. The van der Waals surface area contributed by atoms with Gasteiger partial charge in [-0.05, 0) is 41.6 Å². The molecule has 0 aliphatic carbocycles. The summed E-state index contributed by atoms with van der Waals surface area (Å²) in [6.45, 7) is -0.0718. The fraction of sp³-hybridized carbons (Fsp3) is 0.235. The summed E-state index contributed by atoms with van der Waals surface area (Å²) in [7, 11) is -3.26. The van der Waals surface area contributed by atoms with E-state index in [1.165, 1.54) is 6.08 Å². The highest BCUT2D eigenvalue weighted by molar-refractivity contribution is 8.18. The van der Waals surface area contributed by atoms with E-state index in [-0.39, 0.29) is 23.6 Å². The molecule has 2 heterocycles. The largest absolute Gasteiger partial charge is 0.349 e. The van der Waals surface area contributed by atoms with Gasteiger partial charge in [0.1, 0.15) is 0 Å². The lowest BCUT2D eigenvalue weighted by Crippen LogP contribution is -2.38. The Balaban J connectivity index is 1.57. The summed E-state index contributed by atoms with van der Waals surface area (Å²) in [6.07, 6.45) is 2.90. The highest BCUT2D eigenvalue weighted by atomic mass is 35.5. The smallest absolute Gasteiger partial charge is 0.293 e. The number of imide groups is 1. The Morgan fingerprint density at radius 2 is 2.00 bits per heavy atom. The molecule has 0 spiro atoms. The molecule has 142 valence electrons. The van der Waals surface area contributed by atoms with Gasteiger partial charge in [0.15, 0.2) is 9.84 Å². The van der Waals surface area contributed by atoms with Crippen LogP contribution in [0.25, 0.3) is 6.08 Å². The number of sulfone groups is 1. The van der Waals surface area contributed by atoms with Gasteiger partial charge in [0.25, 0.3) is 11.1 Å². The van der Waals surface area contributed by atoms with Crippen molar-refractivity contribution in [2.75, 3.05) is 12.3 Å². The molecule has 0 aromatic heterocycles. The number of carbonyl (C=O) groups is 3. The molecule has 3 rings (SSSR count). The molecule has 10 heteroatoms. The molecule has 1 N–H and O–H groups in total. The summed E-state index contributed by atoms with van der Waals surface area (Å²) in [4.78, 5) is 37.7. The van der Waals surface area contributed by atoms with Gasteiger partial charge in [-0.3, -0.25) is 19.3 Å². The molecule has 1 atom stereocenters. The Bertz CT molecular complexity index is 954. The number of benzene rings is 1. The van der Waals surface area contributed by atoms with E-state index in [0.717, 1.165) is 27.6 Å². The Morgan fingerprint density at radius 3 is 2.63 bits per heavy atom. The molecule has 1 saturated heterocycles. The summed E-state index contributed by atoms with van der Waals surface area (Å²) < 4.78 is 22.7. The fourth-order valence-electron chi connectivity index (χ4n) is 2.56. The predicted octanol–water partition coefficient (Wildman–Crippen LogP) is 2.19. The van der Waals surface area contributed by atoms with Gasteiger partial charge >= 0.3 is 0 Å². The van der Waals surface area contributed by atoms with Crippen LogP contribution in [0.15, 0.2) is 40.7 Å². The highest BCUT2D eigenvalue weighted by Gasteiger charge is 2.35. The van der Waals surface area contributed by atoms with E-state index in [0.29, 0.717) is 5.02 Å². The van der Waals surface area contributed by atoms with Crippen LogP contribution in [0.5, 0.6) is 0 Å². The van der Waals surface area contributed by atoms with E-state index in [1.54, 1.807) is 30.3 Å². The number of amides is 3. The maximum atomic E-state index is 12.4. The molecule has 0 bridgehead atoms. The number of rotatable bonds is 5. The summed E-state index contributed by atoms with van der Waals surface area (Å²) >= 11 is 6.63. The van der Waals surface area contributed by atoms with Crippen LogP contribution >= 0.6 is 23.4 Å². The first-order valence-corrected chi connectivity index (χ1v) is 10.9. The second-order valence-corrected chi connectivity index (χ2v) is 9.33. The molecule has 1 aromatic rings. The van der Waals surface area contributed by atoms with Crippen LogP contribution in [0, 0.1) is 0 Å². The first-order valence-electron chi connectivity index (χ1n) is 7.95. The van der Waals surface area contributed by atoms with Crippen molar-refractivity contribution in [3.63, 3.8) is 0 Å². The zero-order valence-corrected chi connectivity index (χ0v) is 16.3. The van der Waals surface area contributed by atoms with Crippen molar-refractivity contribution in [1.82, 2.24) is 10.2 Å². The van der Waals surface area contributed by atoms with Crippen molar-refractivity contribution < 1.29 is 22.8 Å². The van der Waals surface area contributed by atoms with Gasteiger partial charge in [0, 0.05) is 23.4 Å². The third kappa shape index (κ3) is 5.00. The molecule has 0 saturated carbocycles. The molecule has 7 nitrogen and oxygen atoms in total. The molecule has 1 fully saturated rings. The van der Waals surface area contributed by atoms with Gasteiger partial charge in [-0.15, -0.1) is 0 Å². The number of halogens is 1. The lowest BCUT2D eigenvalue weighted by atomic mass is 10.2. The Morgan fingerprint density at radius 1 is 1.30 bits per heavy atom. The Kier molecular flexibility index (Phi) is 5.73. The number of nitrogens with zero attached hydrogens (tertiary/aromatic N) is 1. The normalized spacial score (nSPS) is 22.6. The molecular weight excluding hydrogens is 412 g/mol. The predicted molar refractivity (Wildman–Crippen MR) is 104 cm³/mol. The minimum Gasteiger partial charge on any atom is -0.349 e. The van der Waals surface area contributed by atoms with Crippen LogP contribution < -0.4 is 5.32 Å². The second-order valence-electron chi connectivity index (χ2n) is 5.97.